The summed E-state index contributed by atoms with van der Waals surface area (Å²) in [5, 5.41) is 4.28. The van der Waals surface area contributed by atoms with Gasteiger partial charge in [0.15, 0.2) is 5.78 Å². The topological polar surface area (TPSA) is 34.0 Å². The lowest BCUT2D eigenvalue weighted by Crippen LogP contribution is -2.29. The molecule has 2 rings (SSSR count). The third-order valence-electron chi connectivity index (χ3n) is 4.12. The maximum absolute atomic E-state index is 12.5. The first-order valence-corrected chi connectivity index (χ1v) is 7.16. The van der Waals surface area contributed by atoms with Crippen LogP contribution in [0.1, 0.15) is 41.0 Å². The summed E-state index contributed by atoms with van der Waals surface area (Å²) in [5.41, 5.74) is 5.60. The van der Waals surface area contributed by atoms with Gasteiger partial charge in [0.2, 0.25) is 0 Å². The van der Waals surface area contributed by atoms with Crippen molar-refractivity contribution in [3.63, 3.8) is 0 Å². The number of ketones is 1. The van der Waals surface area contributed by atoms with E-state index >= 15 is 0 Å². The number of nitrogens with one attached hydrogen (secondary N) is 1. The molecule has 1 aromatic heterocycles. The van der Waals surface area contributed by atoms with Crippen molar-refractivity contribution in [1.82, 2.24) is 9.88 Å². The average molecular weight is 272 g/mol. The highest BCUT2D eigenvalue weighted by molar-refractivity contribution is 6.11. The zero-order valence-electron chi connectivity index (χ0n) is 13.3. The second-order valence-corrected chi connectivity index (χ2v) is 5.88. The van der Waals surface area contributed by atoms with Gasteiger partial charge in [-0.2, -0.15) is 0 Å². The fourth-order valence-corrected chi connectivity index (χ4v) is 2.70. The van der Waals surface area contributed by atoms with E-state index in [-0.39, 0.29) is 5.78 Å². The van der Waals surface area contributed by atoms with Crippen molar-refractivity contribution >= 4 is 16.7 Å². The SMILES string of the molecule is Cc1ccc2c(C(=O)CNC(C)C)c(C)n(C)c2c1C. The first kappa shape index (κ1) is 14.8. The monoisotopic (exact) mass is 272 g/mol. The van der Waals surface area contributed by atoms with Crippen LogP contribution in [0.3, 0.4) is 0 Å². The Bertz CT molecular complexity index is 665. The maximum Gasteiger partial charge on any atom is 0.179 e. The Morgan fingerprint density at radius 1 is 1.25 bits per heavy atom. The Labute approximate surface area is 121 Å². The summed E-state index contributed by atoms with van der Waals surface area (Å²) in [6.07, 6.45) is 0. The lowest BCUT2D eigenvalue weighted by Gasteiger charge is -2.07. The fourth-order valence-electron chi connectivity index (χ4n) is 2.70. The van der Waals surface area contributed by atoms with Crippen molar-refractivity contribution in [1.29, 1.82) is 0 Å². The number of fused-ring (bicyclic) bond motifs is 1. The van der Waals surface area contributed by atoms with E-state index in [1.807, 2.05) is 14.0 Å². The van der Waals surface area contributed by atoms with Gasteiger partial charge in [-0.15, -0.1) is 0 Å². The van der Waals surface area contributed by atoms with Gasteiger partial charge in [-0.25, -0.2) is 0 Å². The van der Waals surface area contributed by atoms with Crippen LogP contribution in [-0.4, -0.2) is 22.9 Å². The molecule has 0 aliphatic heterocycles. The van der Waals surface area contributed by atoms with Crippen molar-refractivity contribution in [2.45, 2.75) is 40.7 Å². The van der Waals surface area contributed by atoms with Crippen LogP contribution >= 0.6 is 0 Å². The third-order valence-corrected chi connectivity index (χ3v) is 4.12. The summed E-state index contributed by atoms with van der Waals surface area (Å²) in [7, 11) is 2.04. The van der Waals surface area contributed by atoms with E-state index in [9.17, 15) is 4.79 Å². The molecule has 0 saturated carbocycles. The summed E-state index contributed by atoms with van der Waals surface area (Å²) in [5.74, 6) is 0.171. The van der Waals surface area contributed by atoms with Gasteiger partial charge in [-0.3, -0.25) is 4.79 Å². The molecule has 20 heavy (non-hydrogen) atoms. The van der Waals surface area contributed by atoms with Crippen LogP contribution < -0.4 is 5.32 Å². The predicted molar refractivity (Wildman–Crippen MR) is 84.6 cm³/mol. The van der Waals surface area contributed by atoms with E-state index in [2.05, 4.69) is 49.7 Å². The molecule has 1 heterocycles. The van der Waals surface area contributed by atoms with E-state index in [1.165, 1.54) is 16.6 Å². The summed E-state index contributed by atoms with van der Waals surface area (Å²) in [6, 6.07) is 4.50. The predicted octanol–water partition coefficient (Wildman–Crippen LogP) is 3.28. The minimum atomic E-state index is 0.171. The number of aromatic nitrogens is 1. The second kappa shape index (κ2) is 5.41. The smallest absolute Gasteiger partial charge is 0.179 e. The molecular weight excluding hydrogens is 248 g/mol. The number of Topliss-reactive ketones (excluding diaryl/α,β-unsaturated/α-hetero) is 1. The molecule has 0 amide bonds. The highest BCUT2D eigenvalue weighted by Crippen LogP contribution is 2.29. The normalized spacial score (nSPS) is 11.6. The molecule has 0 radical (unpaired) electrons. The molecule has 0 spiro atoms. The number of rotatable bonds is 4. The largest absolute Gasteiger partial charge is 0.347 e. The second-order valence-electron chi connectivity index (χ2n) is 5.88. The number of carbonyl (C=O) groups is 1. The first-order chi connectivity index (χ1) is 9.34. The van der Waals surface area contributed by atoms with Crippen LogP contribution in [0.15, 0.2) is 12.1 Å². The van der Waals surface area contributed by atoms with Crippen molar-refractivity contribution in [3.05, 3.63) is 34.5 Å². The Morgan fingerprint density at radius 3 is 2.50 bits per heavy atom. The van der Waals surface area contributed by atoms with Crippen LogP contribution in [0.4, 0.5) is 0 Å². The fraction of sp³-hybridized carbons (Fsp3) is 0.471. The molecule has 0 bridgehead atoms. The number of hydrogen-bond acceptors (Lipinski definition) is 2. The standard InChI is InChI=1S/C17H24N2O/c1-10(2)18-9-15(20)16-13(5)19(6)17-12(4)11(3)7-8-14(16)17/h7-8,10,18H,9H2,1-6H3. The Morgan fingerprint density at radius 2 is 1.90 bits per heavy atom. The van der Waals surface area contributed by atoms with Gasteiger partial charge in [0.05, 0.1) is 12.1 Å². The number of carbonyl (C=O) groups excluding carboxylic acids is 1. The molecule has 2 aromatic rings. The molecule has 0 unspecified atom stereocenters. The van der Waals surface area contributed by atoms with Crippen LogP contribution in [0.25, 0.3) is 10.9 Å². The zero-order chi connectivity index (χ0) is 15.0. The molecule has 0 aliphatic rings. The molecule has 1 N–H and O–H groups in total. The van der Waals surface area contributed by atoms with Gasteiger partial charge in [-0.1, -0.05) is 26.0 Å². The molecule has 3 nitrogen and oxygen atoms in total. The molecule has 1 aromatic carbocycles. The number of aryl methyl sites for hydroxylation is 3. The summed E-state index contributed by atoms with van der Waals surface area (Å²) >= 11 is 0. The summed E-state index contributed by atoms with van der Waals surface area (Å²) in [6.45, 7) is 10.8. The molecule has 0 aliphatic carbocycles. The minimum absolute atomic E-state index is 0.171. The van der Waals surface area contributed by atoms with Crippen LogP contribution in [0.2, 0.25) is 0 Å². The first-order valence-electron chi connectivity index (χ1n) is 7.16. The Kier molecular flexibility index (Phi) is 4.00. The van der Waals surface area contributed by atoms with E-state index in [4.69, 9.17) is 0 Å². The summed E-state index contributed by atoms with van der Waals surface area (Å²) < 4.78 is 2.14. The number of benzene rings is 1. The molecule has 108 valence electrons. The van der Waals surface area contributed by atoms with Crippen molar-refractivity contribution in [3.8, 4) is 0 Å². The molecule has 0 fully saturated rings. The quantitative estimate of drug-likeness (QED) is 0.867. The average Bonchev–Trinajstić information content (AvgIpc) is 2.64. The number of nitrogens with zero attached hydrogens (tertiary/aromatic N) is 1. The van der Waals surface area contributed by atoms with Gasteiger partial charge >= 0.3 is 0 Å². The lowest BCUT2D eigenvalue weighted by molar-refractivity contribution is 0.0989. The van der Waals surface area contributed by atoms with Crippen LogP contribution in [0.5, 0.6) is 0 Å². The highest BCUT2D eigenvalue weighted by atomic mass is 16.1. The molecule has 0 saturated heterocycles. The lowest BCUT2D eigenvalue weighted by atomic mass is 10.0. The molecule has 0 atom stereocenters. The number of hydrogen-bond donors (Lipinski definition) is 1. The Hall–Kier alpha value is -1.61. The van der Waals surface area contributed by atoms with Crippen molar-refractivity contribution in [2.24, 2.45) is 7.05 Å². The van der Waals surface area contributed by atoms with Crippen LogP contribution in [-0.2, 0) is 7.05 Å². The maximum atomic E-state index is 12.5. The zero-order valence-corrected chi connectivity index (χ0v) is 13.3. The van der Waals surface area contributed by atoms with Crippen molar-refractivity contribution < 1.29 is 4.79 Å². The van der Waals surface area contributed by atoms with Gasteiger partial charge in [0.25, 0.3) is 0 Å². The van der Waals surface area contributed by atoms with Crippen molar-refractivity contribution in [2.75, 3.05) is 6.54 Å². The van der Waals surface area contributed by atoms with E-state index in [1.54, 1.807) is 0 Å². The van der Waals surface area contributed by atoms with Gasteiger partial charge < -0.3 is 9.88 Å². The van der Waals surface area contributed by atoms with E-state index in [0.29, 0.717) is 12.6 Å². The van der Waals surface area contributed by atoms with Crippen LogP contribution in [0, 0.1) is 20.8 Å². The minimum Gasteiger partial charge on any atom is -0.347 e. The van der Waals surface area contributed by atoms with E-state index < -0.39 is 0 Å². The summed E-state index contributed by atoms with van der Waals surface area (Å²) in [4.78, 5) is 12.5. The van der Waals surface area contributed by atoms with Gasteiger partial charge in [0, 0.05) is 29.7 Å². The van der Waals surface area contributed by atoms with Gasteiger partial charge in [0.1, 0.15) is 0 Å². The highest BCUT2D eigenvalue weighted by Gasteiger charge is 2.19. The van der Waals surface area contributed by atoms with Gasteiger partial charge in [-0.05, 0) is 31.9 Å². The Balaban J connectivity index is 2.57. The third kappa shape index (κ3) is 2.38. The molecule has 3 heteroatoms. The van der Waals surface area contributed by atoms with E-state index in [0.717, 1.165) is 16.6 Å². The molecular formula is C17H24N2O.